The third kappa shape index (κ3) is 3.07. The van der Waals surface area contributed by atoms with Crippen LogP contribution in [0.1, 0.15) is 5.56 Å². The number of methoxy groups -OCH3 is 3. The van der Waals surface area contributed by atoms with Crippen LogP contribution < -0.4 is 24.3 Å². The largest absolute Gasteiger partial charge is 0.497 e. The molecule has 0 spiro atoms. The molecule has 2 heterocycles. The number of benzene rings is 2. The predicted octanol–water partition coefficient (Wildman–Crippen LogP) is 2.39. The number of nitrogens with zero attached hydrogens (tertiary/aromatic N) is 3. The van der Waals surface area contributed by atoms with Crippen molar-refractivity contribution in [2.24, 2.45) is 0 Å². The Morgan fingerprint density at radius 2 is 1.79 bits per heavy atom. The molecule has 0 N–H and O–H groups in total. The van der Waals surface area contributed by atoms with Gasteiger partial charge in [-0.2, -0.15) is 9.50 Å². The van der Waals surface area contributed by atoms with E-state index in [0.717, 1.165) is 16.9 Å². The lowest BCUT2D eigenvalue weighted by Crippen LogP contribution is -2.23. The van der Waals surface area contributed by atoms with Gasteiger partial charge in [0.2, 0.25) is 4.96 Å². The minimum atomic E-state index is -0.225. The number of ether oxygens (including phenoxy) is 3. The van der Waals surface area contributed by atoms with E-state index >= 15 is 0 Å². The molecule has 4 aromatic rings. The minimum Gasteiger partial charge on any atom is -0.497 e. The van der Waals surface area contributed by atoms with Crippen molar-refractivity contribution < 1.29 is 14.2 Å². The summed E-state index contributed by atoms with van der Waals surface area (Å²) in [5.41, 5.74) is 1.34. The SMILES string of the molecule is COc1ccc(-c2nc3s/c(=C\c4cccc(OC)c4OC)c(=O)n3n2)cc1. The Morgan fingerprint density at radius 3 is 2.43 bits per heavy atom. The summed E-state index contributed by atoms with van der Waals surface area (Å²) in [5, 5.41) is 4.36. The van der Waals surface area contributed by atoms with Gasteiger partial charge in [0, 0.05) is 11.1 Å². The van der Waals surface area contributed by atoms with E-state index in [4.69, 9.17) is 14.2 Å². The van der Waals surface area contributed by atoms with E-state index in [1.54, 1.807) is 33.5 Å². The first-order valence-electron chi connectivity index (χ1n) is 8.41. The lowest BCUT2D eigenvalue weighted by Gasteiger charge is -2.09. The van der Waals surface area contributed by atoms with Gasteiger partial charge in [0.25, 0.3) is 5.56 Å². The van der Waals surface area contributed by atoms with Crippen LogP contribution in [0.4, 0.5) is 0 Å². The van der Waals surface area contributed by atoms with Gasteiger partial charge < -0.3 is 14.2 Å². The molecule has 28 heavy (non-hydrogen) atoms. The van der Waals surface area contributed by atoms with Crippen molar-refractivity contribution in [1.29, 1.82) is 0 Å². The van der Waals surface area contributed by atoms with E-state index in [-0.39, 0.29) is 5.56 Å². The van der Waals surface area contributed by atoms with Crippen LogP contribution in [0.5, 0.6) is 17.2 Å². The van der Waals surface area contributed by atoms with Crippen molar-refractivity contribution in [3.8, 4) is 28.6 Å². The fraction of sp³-hybridized carbons (Fsp3) is 0.150. The van der Waals surface area contributed by atoms with Gasteiger partial charge in [0.05, 0.1) is 25.9 Å². The average molecular weight is 395 g/mol. The molecule has 0 saturated carbocycles. The molecule has 0 atom stereocenters. The highest BCUT2D eigenvalue weighted by atomic mass is 32.1. The third-order valence-electron chi connectivity index (χ3n) is 4.25. The van der Waals surface area contributed by atoms with Crippen molar-refractivity contribution in [2.75, 3.05) is 21.3 Å². The summed E-state index contributed by atoms with van der Waals surface area (Å²) in [7, 11) is 4.75. The maximum absolute atomic E-state index is 12.8. The monoisotopic (exact) mass is 395 g/mol. The molecule has 0 bridgehead atoms. The van der Waals surface area contributed by atoms with Crippen molar-refractivity contribution in [3.63, 3.8) is 0 Å². The summed E-state index contributed by atoms with van der Waals surface area (Å²) >= 11 is 1.27. The molecule has 0 saturated heterocycles. The molecular formula is C20H17N3O4S. The van der Waals surface area contributed by atoms with Gasteiger partial charge in [-0.05, 0) is 36.4 Å². The normalized spacial score (nSPS) is 11.8. The van der Waals surface area contributed by atoms with Gasteiger partial charge in [-0.1, -0.05) is 23.5 Å². The third-order valence-corrected chi connectivity index (χ3v) is 5.21. The molecule has 2 aromatic heterocycles. The average Bonchev–Trinajstić information content (AvgIpc) is 3.27. The molecule has 0 aliphatic rings. The van der Waals surface area contributed by atoms with Gasteiger partial charge in [0.15, 0.2) is 17.3 Å². The van der Waals surface area contributed by atoms with Crippen LogP contribution in [0.15, 0.2) is 47.3 Å². The minimum absolute atomic E-state index is 0.225. The van der Waals surface area contributed by atoms with Gasteiger partial charge in [-0.3, -0.25) is 4.79 Å². The van der Waals surface area contributed by atoms with Crippen LogP contribution in [0.3, 0.4) is 0 Å². The molecule has 0 fully saturated rings. The highest BCUT2D eigenvalue weighted by Crippen LogP contribution is 2.31. The van der Waals surface area contributed by atoms with E-state index in [2.05, 4.69) is 10.1 Å². The first kappa shape index (κ1) is 18.0. The van der Waals surface area contributed by atoms with Crippen molar-refractivity contribution in [1.82, 2.24) is 14.6 Å². The van der Waals surface area contributed by atoms with E-state index in [1.807, 2.05) is 36.4 Å². The van der Waals surface area contributed by atoms with E-state index in [1.165, 1.54) is 15.9 Å². The molecule has 0 aliphatic heterocycles. The Bertz CT molecular complexity index is 1250. The lowest BCUT2D eigenvalue weighted by atomic mass is 10.2. The van der Waals surface area contributed by atoms with E-state index in [9.17, 15) is 4.79 Å². The number of rotatable bonds is 5. The first-order chi connectivity index (χ1) is 13.6. The number of fused-ring (bicyclic) bond motifs is 1. The highest BCUT2D eigenvalue weighted by molar-refractivity contribution is 7.15. The van der Waals surface area contributed by atoms with Crippen molar-refractivity contribution in [2.45, 2.75) is 0 Å². The molecule has 4 rings (SSSR count). The van der Waals surface area contributed by atoms with Crippen LogP contribution in [0, 0.1) is 0 Å². The number of para-hydroxylation sites is 1. The Morgan fingerprint density at radius 1 is 1.00 bits per heavy atom. The number of aromatic nitrogens is 3. The number of thiazole rings is 1. The highest BCUT2D eigenvalue weighted by Gasteiger charge is 2.13. The molecular weight excluding hydrogens is 378 g/mol. The fourth-order valence-electron chi connectivity index (χ4n) is 2.86. The molecule has 7 nitrogen and oxygen atoms in total. The van der Waals surface area contributed by atoms with Crippen LogP contribution in [-0.4, -0.2) is 35.9 Å². The molecule has 0 aliphatic carbocycles. The van der Waals surface area contributed by atoms with Crippen LogP contribution in [0.25, 0.3) is 22.4 Å². The first-order valence-corrected chi connectivity index (χ1v) is 9.23. The Labute approximate surface area is 164 Å². The second kappa shape index (κ2) is 7.32. The summed E-state index contributed by atoms with van der Waals surface area (Å²) in [6.07, 6.45) is 1.76. The molecule has 0 radical (unpaired) electrons. The molecule has 8 heteroatoms. The predicted molar refractivity (Wildman–Crippen MR) is 107 cm³/mol. The van der Waals surface area contributed by atoms with E-state index < -0.39 is 0 Å². The second-order valence-electron chi connectivity index (χ2n) is 5.86. The zero-order chi connectivity index (χ0) is 19.7. The second-order valence-corrected chi connectivity index (χ2v) is 6.87. The van der Waals surface area contributed by atoms with E-state index in [0.29, 0.717) is 26.8 Å². The zero-order valence-electron chi connectivity index (χ0n) is 15.5. The summed E-state index contributed by atoms with van der Waals surface area (Å²) in [5.74, 6) is 2.42. The smallest absolute Gasteiger partial charge is 0.291 e. The van der Waals surface area contributed by atoms with Gasteiger partial charge in [-0.25, -0.2) is 0 Å². The fourth-order valence-corrected chi connectivity index (χ4v) is 3.76. The van der Waals surface area contributed by atoms with Crippen molar-refractivity contribution in [3.05, 3.63) is 62.9 Å². The number of hydrogen-bond donors (Lipinski definition) is 0. The summed E-state index contributed by atoms with van der Waals surface area (Å²) in [6, 6.07) is 12.9. The van der Waals surface area contributed by atoms with Gasteiger partial charge >= 0.3 is 0 Å². The molecule has 0 unspecified atom stereocenters. The summed E-state index contributed by atoms with van der Waals surface area (Å²) in [4.78, 5) is 17.8. The molecule has 142 valence electrons. The molecule has 2 aromatic carbocycles. The quantitative estimate of drug-likeness (QED) is 0.517. The summed E-state index contributed by atoms with van der Waals surface area (Å²) in [6.45, 7) is 0. The Kier molecular flexibility index (Phi) is 4.70. The number of hydrogen-bond acceptors (Lipinski definition) is 7. The Balaban J connectivity index is 1.78. The standard InChI is InChI=1S/C20H17N3O4S/c1-25-14-9-7-12(8-10-14)18-21-20-23(22-18)19(24)16(28-20)11-13-5-4-6-15(26-2)17(13)27-3/h4-11H,1-3H3/b16-11-. The lowest BCUT2D eigenvalue weighted by molar-refractivity contribution is 0.354. The van der Waals surface area contributed by atoms with Gasteiger partial charge in [0.1, 0.15) is 5.75 Å². The molecule has 0 amide bonds. The Hall–Kier alpha value is -3.39. The van der Waals surface area contributed by atoms with Crippen LogP contribution in [0.2, 0.25) is 0 Å². The maximum Gasteiger partial charge on any atom is 0.291 e. The van der Waals surface area contributed by atoms with Gasteiger partial charge in [-0.15, -0.1) is 5.10 Å². The van der Waals surface area contributed by atoms with Crippen LogP contribution in [-0.2, 0) is 0 Å². The maximum atomic E-state index is 12.8. The summed E-state index contributed by atoms with van der Waals surface area (Å²) < 4.78 is 17.7. The van der Waals surface area contributed by atoms with Crippen LogP contribution >= 0.6 is 11.3 Å². The topological polar surface area (TPSA) is 75.0 Å². The van der Waals surface area contributed by atoms with Crippen molar-refractivity contribution >= 4 is 22.4 Å². The zero-order valence-corrected chi connectivity index (χ0v) is 16.3.